The first-order chi connectivity index (χ1) is 4.98. The summed E-state index contributed by atoms with van der Waals surface area (Å²) in [5, 5.41) is 8.49. The third-order valence-electron chi connectivity index (χ3n) is 1.46. The molecule has 0 radical (unpaired) electrons. The molecule has 0 aliphatic rings. The van der Waals surface area contributed by atoms with Gasteiger partial charge in [0, 0.05) is 0 Å². The van der Waals surface area contributed by atoms with Gasteiger partial charge in [0.05, 0.1) is 0 Å². The van der Waals surface area contributed by atoms with Crippen LogP contribution in [0.2, 0.25) is 0 Å². The monoisotopic (exact) mass is 170 g/mol. The molecule has 0 spiro atoms. The largest absolute Gasteiger partial charge is 0.414 e. The van der Waals surface area contributed by atoms with E-state index in [0.717, 1.165) is 12.8 Å². The minimum Gasteiger partial charge on any atom is -0.384 e. The van der Waals surface area contributed by atoms with Crippen molar-refractivity contribution in [2.45, 2.75) is 44.9 Å². The van der Waals surface area contributed by atoms with E-state index in [1.54, 1.807) is 0 Å². The Labute approximate surface area is 64.2 Å². The van der Waals surface area contributed by atoms with Gasteiger partial charge >= 0.3 is 6.18 Å². The zero-order chi connectivity index (χ0) is 8.91. The molecule has 0 saturated carbocycles. The average Bonchev–Trinajstić information content (AvgIpc) is 1.86. The zero-order valence-corrected chi connectivity index (χ0v) is 6.49. The Kier molecular flexibility index (Phi) is 4.49. The van der Waals surface area contributed by atoms with Gasteiger partial charge < -0.3 is 5.11 Å². The van der Waals surface area contributed by atoms with Crippen LogP contribution >= 0.6 is 0 Å². The van der Waals surface area contributed by atoms with Crippen LogP contribution < -0.4 is 0 Å². The Morgan fingerprint density at radius 2 is 1.82 bits per heavy atom. The maximum Gasteiger partial charge on any atom is 0.414 e. The van der Waals surface area contributed by atoms with Gasteiger partial charge in [0.25, 0.3) is 0 Å². The summed E-state index contributed by atoms with van der Waals surface area (Å²) in [5.41, 5.74) is 0. The lowest BCUT2D eigenvalue weighted by Crippen LogP contribution is -2.28. The number of hydrogen-bond acceptors (Lipinski definition) is 1. The van der Waals surface area contributed by atoms with E-state index in [-0.39, 0.29) is 6.42 Å². The first-order valence-electron chi connectivity index (χ1n) is 3.73. The lowest BCUT2D eigenvalue weighted by Gasteiger charge is -2.13. The molecule has 0 aromatic carbocycles. The molecule has 68 valence electrons. The van der Waals surface area contributed by atoms with Crippen molar-refractivity contribution in [2.24, 2.45) is 0 Å². The number of rotatable bonds is 4. The number of unbranched alkanes of at least 4 members (excludes halogenated alkanes) is 2. The van der Waals surface area contributed by atoms with Gasteiger partial charge in [-0.2, -0.15) is 13.2 Å². The molecule has 0 rings (SSSR count). The summed E-state index contributed by atoms with van der Waals surface area (Å²) >= 11 is 0. The van der Waals surface area contributed by atoms with Crippen LogP contribution in [0.4, 0.5) is 13.2 Å². The van der Waals surface area contributed by atoms with Crippen molar-refractivity contribution in [3.63, 3.8) is 0 Å². The van der Waals surface area contributed by atoms with E-state index in [4.69, 9.17) is 5.11 Å². The summed E-state index contributed by atoms with van der Waals surface area (Å²) in [6, 6.07) is 0. The van der Waals surface area contributed by atoms with E-state index in [1.165, 1.54) is 0 Å². The van der Waals surface area contributed by atoms with Gasteiger partial charge in [-0.15, -0.1) is 0 Å². The second-order valence-corrected chi connectivity index (χ2v) is 2.55. The van der Waals surface area contributed by atoms with Gasteiger partial charge in [0.15, 0.2) is 0 Å². The fourth-order valence-corrected chi connectivity index (χ4v) is 0.751. The third-order valence-corrected chi connectivity index (χ3v) is 1.46. The predicted octanol–water partition coefficient (Wildman–Crippen LogP) is 2.49. The molecule has 0 amide bonds. The van der Waals surface area contributed by atoms with Crippen molar-refractivity contribution < 1.29 is 18.3 Å². The summed E-state index contributed by atoms with van der Waals surface area (Å²) in [6.45, 7) is 1.90. The number of aliphatic hydroxyl groups is 1. The summed E-state index contributed by atoms with van der Waals surface area (Å²) in [5.74, 6) is 0. The molecule has 1 nitrogen and oxygen atoms in total. The van der Waals surface area contributed by atoms with Crippen LogP contribution in [-0.4, -0.2) is 17.4 Å². The Bertz CT molecular complexity index is 100. The molecule has 0 aliphatic carbocycles. The molecule has 0 heterocycles. The molecule has 11 heavy (non-hydrogen) atoms. The lowest BCUT2D eigenvalue weighted by atomic mass is 10.1. The van der Waals surface area contributed by atoms with Crippen LogP contribution in [0.5, 0.6) is 0 Å². The molecule has 0 aromatic heterocycles. The Hall–Kier alpha value is -0.250. The summed E-state index contributed by atoms with van der Waals surface area (Å²) in [4.78, 5) is 0. The van der Waals surface area contributed by atoms with Crippen molar-refractivity contribution in [1.82, 2.24) is 0 Å². The normalized spacial score (nSPS) is 15.0. The molecule has 0 bridgehead atoms. The van der Waals surface area contributed by atoms with E-state index in [9.17, 15) is 13.2 Å². The second-order valence-electron chi connectivity index (χ2n) is 2.55. The fourth-order valence-electron chi connectivity index (χ4n) is 0.751. The van der Waals surface area contributed by atoms with Crippen molar-refractivity contribution in [1.29, 1.82) is 0 Å². The fraction of sp³-hybridized carbons (Fsp3) is 1.00. The number of halogens is 3. The highest BCUT2D eigenvalue weighted by Crippen LogP contribution is 2.23. The highest BCUT2D eigenvalue weighted by molar-refractivity contribution is 4.64. The van der Waals surface area contributed by atoms with E-state index in [0.29, 0.717) is 6.42 Å². The van der Waals surface area contributed by atoms with Gasteiger partial charge in [-0.05, 0) is 6.42 Å². The Morgan fingerprint density at radius 1 is 1.27 bits per heavy atom. The maximum absolute atomic E-state index is 11.6. The Morgan fingerprint density at radius 3 is 2.18 bits per heavy atom. The van der Waals surface area contributed by atoms with Crippen molar-refractivity contribution >= 4 is 0 Å². The quantitative estimate of drug-likeness (QED) is 0.642. The number of aliphatic hydroxyl groups excluding tert-OH is 1. The molecule has 0 aliphatic heterocycles. The van der Waals surface area contributed by atoms with Crippen molar-refractivity contribution in [3.05, 3.63) is 0 Å². The standard InChI is InChI=1S/C7H13F3O/c1-2-3-4-5-6(11)7(8,9)10/h6,11H,2-5H2,1H3/t6-/m1/s1. The Balaban J connectivity index is 3.44. The second kappa shape index (κ2) is 4.59. The zero-order valence-electron chi connectivity index (χ0n) is 6.49. The van der Waals surface area contributed by atoms with Gasteiger partial charge in [0.1, 0.15) is 6.10 Å². The van der Waals surface area contributed by atoms with Crippen LogP contribution in [0, 0.1) is 0 Å². The highest BCUT2D eigenvalue weighted by atomic mass is 19.4. The van der Waals surface area contributed by atoms with Crippen molar-refractivity contribution in [2.75, 3.05) is 0 Å². The van der Waals surface area contributed by atoms with Gasteiger partial charge in [0.2, 0.25) is 0 Å². The summed E-state index contributed by atoms with van der Waals surface area (Å²) in [7, 11) is 0. The number of alkyl halides is 3. The van der Waals surface area contributed by atoms with Gasteiger partial charge in [-0.1, -0.05) is 26.2 Å². The average molecular weight is 170 g/mol. The van der Waals surface area contributed by atoms with E-state index < -0.39 is 12.3 Å². The van der Waals surface area contributed by atoms with E-state index in [2.05, 4.69) is 0 Å². The SMILES string of the molecule is CCCCC[C@@H](O)C(F)(F)F. The molecule has 4 heteroatoms. The van der Waals surface area contributed by atoms with Crippen LogP contribution in [-0.2, 0) is 0 Å². The predicted molar refractivity (Wildman–Crippen MR) is 36.2 cm³/mol. The van der Waals surface area contributed by atoms with E-state index >= 15 is 0 Å². The molecular formula is C7H13F3O. The molecule has 0 fully saturated rings. The maximum atomic E-state index is 11.6. The van der Waals surface area contributed by atoms with Gasteiger partial charge in [-0.3, -0.25) is 0 Å². The summed E-state index contributed by atoms with van der Waals surface area (Å²) in [6.07, 6.45) is -4.69. The van der Waals surface area contributed by atoms with Crippen LogP contribution in [0.1, 0.15) is 32.6 Å². The van der Waals surface area contributed by atoms with Crippen LogP contribution in [0.25, 0.3) is 0 Å². The van der Waals surface area contributed by atoms with Crippen molar-refractivity contribution in [3.8, 4) is 0 Å². The lowest BCUT2D eigenvalue weighted by molar-refractivity contribution is -0.205. The molecule has 0 saturated heterocycles. The third kappa shape index (κ3) is 5.07. The van der Waals surface area contributed by atoms with Gasteiger partial charge in [-0.25, -0.2) is 0 Å². The first-order valence-corrected chi connectivity index (χ1v) is 3.73. The highest BCUT2D eigenvalue weighted by Gasteiger charge is 2.37. The summed E-state index contributed by atoms with van der Waals surface area (Å²) < 4.78 is 34.9. The van der Waals surface area contributed by atoms with E-state index in [1.807, 2.05) is 6.92 Å². The first kappa shape index (κ1) is 10.8. The van der Waals surface area contributed by atoms with Crippen LogP contribution in [0.3, 0.4) is 0 Å². The molecule has 1 atom stereocenters. The van der Waals surface area contributed by atoms with Crippen LogP contribution in [0.15, 0.2) is 0 Å². The minimum absolute atomic E-state index is 0.169. The molecular weight excluding hydrogens is 157 g/mol. The topological polar surface area (TPSA) is 20.2 Å². The molecule has 1 N–H and O–H groups in total. The minimum atomic E-state index is -4.44. The molecule has 0 unspecified atom stereocenters. The smallest absolute Gasteiger partial charge is 0.384 e. The number of hydrogen-bond donors (Lipinski definition) is 1. The molecule has 0 aromatic rings.